The molecule has 48 heavy (non-hydrogen) atoms. The molecule has 0 spiro atoms. The van der Waals surface area contributed by atoms with E-state index in [9.17, 15) is 14.4 Å². The van der Waals surface area contributed by atoms with Crippen LogP contribution in [0.4, 0.5) is 17.5 Å². The lowest BCUT2D eigenvalue weighted by Crippen LogP contribution is -2.32. The molecule has 0 radical (unpaired) electrons. The fraction of sp³-hybridized carbons (Fsp3) is 0.389. The van der Waals surface area contributed by atoms with Gasteiger partial charge in [0, 0.05) is 50.3 Å². The van der Waals surface area contributed by atoms with Gasteiger partial charge in [0.15, 0.2) is 12.1 Å². The smallest absolute Gasteiger partial charge is 0.267 e. The molecule has 1 saturated carbocycles. The summed E-state index contributed by atoms with van der Waals surface area (Å²) in [6, 6.07) is 11.8. The van der Waals surface area contributed by atoms with Crippen LogP contribution in [0.1, 0.15) is 85.0 Å². The number of aryl methyl sites for hydroxylation is 1. The predicted octanol–water partition coefficient (Wildman–Crippen LogP) is 5.78. The number of amides is 1. The van der Waals surface area contributed by atoms with Gasteiger partial charge in [0.2, 0.25) is 5.95 Å². The Balaban J connectivity index is 1.08. The number of hydrogen-bond acceptors (Lipinski definition) is 10. The predicted molar refractivity (Wildman–Crippen MR) is 184 cm³/mol. The third-order valence-corrected chi connectivity index (χ3v) is 8.93. The van der Waals surface area contributed by atoms with Crippen LogP contribution in [0.5, 0.6) is 0 Å². The monoisotopic (exact) mass is 651 g/mol. The van der Waals surface area contributed by atoms with Gasteiger partial charge in [0.25, 0.3) is 11.5 Å². The fourth-order valence-electron chi connectivity index (χ4n) is 6.34. The summed E-state index contributed by atoms with van der Waals surface area (Å²) in [5.41, 5.74) is 6.42. The van der Waals surface area contributed by atoms with Crippen LogP contribution in [0.2, 0.25) is 0 Å². The molecular weight excluding hydrogens is 610 g/mol. The Hall–Kier alpha value is -4.94. The van der Waals surface area contributed by atoms with Crippen molar-refractivity contribution in [1.82, 2.24) is 25.0 Å². The van der Waals surface area contributed by atoms with Crippen LogP contribution >= 0.6 is 0 Å². The van der Waals surface area contributed by atoms with Crippen molar-refractivity contribution in [3.63, 3.8) is 0 Å². The molecule has 0 bridgehead atoms. The lowest BCUT2D eigenvalue weighted by molar-refractivity contribution is -0.198. The number of Topliss-reactive ketones (excluding diaryl/α,β-unsaturated/α-hetero) is 1. The zero-order valence-electron chi connectivity index (χ0n) is 27.6. The molecule has 2 N–H and O–H groups in total. The van der Waals surface area contributed by atoms with Gasteiger partial charge in [0.05, 0.1) is 17.4 Å². The lowest BCUT2D eigenvalue weighted by Gasteiger charge is -2.21. The van der Waals surface area contributed by atoms with Crippen molar-refractivity contribution in [2.75, 3.05) is 23.9 Å². The van der Waals surface area contributed by atoms with Gasteiger partial charge in [-0.1, -0.05) is 37.1 Å². The maximum atomic E-state index is 13.5. The van der Waals surface area contributed by atoms with E-state index in [1.807, 2.05) is 43.4 Å². The van der Waals surface area contributed by atoms with Crippen molar-refractivity contribution in [3.8, 4) is 0 Å². The summed E-state index contributed by atoms with van der Waals surface area (Å²) in [6.07, 6.45) is 12.9. The minimum atomic E-state index is -0.384. The van der Waals surface area contributed by atoms with Gasteiger partial charge in [-0.05, 0) is 74.4 Å². The van der Waals surface area contributed by atoms with E-state index in [1.165, 1.54) is 13.0 Å². The Bertz CT molecular complexity index is 1860. The molecule has 4 heterocycles. The van der Waals surface area contributed by atoms with Gasteiger partial charge in [-0.3, -0.25) is 19.0 Å². The molecule has 3 aromatic heterocycles. The number of anilines is 3. The quantitative estimate of drug-likeness (QED) is 0.117. The second-order valence-corrected chi connectivity index (χ2v) is 12.4. The standard InChI is InChI=1S/C36H41N7O5/c1-23-29-21-38-36(40-34(29)43(27-8-4-5-9-27)35(46)33(23)24(2)44)39-30-17-16-28(20-37-30)42(3)22-26-13-11-25(12-14-26)15-18-31(45)41-48-32-10-6-7-19-47-32/h11-18,20-21,27,32H,4-10,19,22H2,1-3H3,(H,41,45)(H,37,38,39,40)/b18-15+. The molecule has 1 aliphatic heterocycles. The minimum absolute atomic E-state index is 0.00951. The molecule has 1 atom stereocenters. The lowest BCUT2D eigenvalue weighted by atomic mass is 10.0. The zero-order valence-corrected chi connectivity index (χ0v) is 27.6. The van der Waals surface area contributed by atoms with E-state index in [4.69, 9.17) is 14.6 Å². The van der Waals surface area contributed by atoms with Crippen molar-refractivity contribution in [1.29, 1.82) is 0 Å². The summed E-state index contributed by atoms with van der Waals surface area (Å²) >= 11 is 0. The van der Waals surface area contributed by atoms with Gasteiger partial charge < -0.3 is 15.0 Å². The van der Waals surface area contributed by atoms with Crippen molar-refractivity contribution < 1.29 is 19.2 Å². The Morgan fingerprint density at radius 2 is 1.81 bits per heavy atom. The Kier molecular flexibility index (Phi) is 10.2. The zero-order chi connectivity index (χ0) is 33.6. The number of carbonyl (C=O) groups excluding carboxylic acids is 2. The molecule has 1 saturated heterocycles. The van der Waals surface area contributed by atoms with Gasteiger partial charge in [-0.15, -0.1) is 0 Å². The number of aromatic nitrogens is 4. The van der Waals surface area contributed by atoms with Gasteiger partial charge >= 0.3 is 0 Å². The van der Waals surface area contributed by atoms with Crippen molar-refractivity contribution in [3.05, 3.63) is 87.5 Å². The first-order chi connectivity index (χ1) is 23.3. The average Bonchev–Trinajstić information content (AvgIpc) is 3.62. The number of nitrogens with zero attached hydrogens (tertiary/aromatic N) is 5. The van der Waals surface area contributed by atoms with E-state index in [-0.39, 0.29) is 35.1 Å². The normalized spacial score (nSPS) is 16.8. The first-order valence-electron chi connectivity index (χ1n) is 16.5. The number of ether oxygens (including phenoxy) is 1. The Morgan fingerprint density at radius 1 is 1.04 bits per heavy atom. The van der Waals surface area contributed by atoms with Crippen LogP contribution in [0.15, 0.2) is 59.7 Å². The minimum Gasteiger partial charge on any atom is -0.369 e. The highest BCUT2D eigenvalue weighted by Crippen LogP contribution is 2.32. The Morgan fingerprint density at radius 3 is 2.50 bits per heavy atom. The molecule has 1 amide bonds. The molecule has 2 aliphatic rings. The number of nitrogens with one attached hydrogen (secondary N) is 2. The number of pyridine rings is 2. The molecule has 4 aromatic rings. The summed E-state index contributed by atoms with van der Waals surface area (Å²) in [5, 5.41) is 3.87. The van der Waals surface area contributed by atoms with E-state index in [1.54, 1.807) is 30.0 Å². The molecule has 1 unspecified atom stereocenters. The molecule has 1 aliphatic carbocycles. The number of fused-ring (bicyclic) bond motifs is 1. The first-order valence-corrected chi connectivity index (χ1v) is 16.5. The first kappa shape index (κ1) is 33.0. The van der Waals surface area contributed by atoms with Crippen LogP contribution in [0.3, 0.4) is 0 Å². The highest BCUT2D eigenvalue weighted by Gasteiger charge is 2.26. The molecule has 12 heteroatoms. The summed E-state index contributed by atoms with van der Waals surface area (Å²) in [7, 11) is 1.99. The molecule has 6 rings (SSSR count). The van der Waals surface area contributed by atoms with E-state index in [2.05, 4.69) is 25.7 Å². The van der Waals surface area contributed by atoms with Crippen LogP contribution < -0.4 is 21.3 Å². The maximum absolute atomic E-state index is 13.5. The number of ketones is 1. The van der Waals surface area contributed by atoms with Crippen LogP contribution in [0, 0.1) is 6.92 Å². The summed E-state index contributed by atoms with van der Waals surface area (Å²) < 4.78 is 7.15. The average molecular weight is 652 g/mol. The van der Waals surface area contributed by atoms with E-state index < -0.39 is 0 Å². The highest BCUT2D eigenvalue weighted by atomic mass is 16.8. The number of hydrogen-bond donors (Lipinski definition) is 2. The molecule has 1 aromatic carbocycles. The van der Waals surface area contributed by atoms with Crippen LogP contribution in [-0.2, 0) is 20.9 Å². The third-order valence-electron chi connectivity index (χ3n) is 8.93. The number of rotatable bonds is 11. The van der Waals surface area contributed by atoms with E-state index in [0.29, 0.717) is 41.5 Å². The topological polar surface area (TPSA) is 141 Å². The number of hydroxylamine groups is 1. The fourth-order valence-corrected chi connectivity index (χ4v) is 6.34. The highest BCUT2D eigenvalue weighted by molar-refractivity contribution is 5.99. The van der Waals surface area contributed by atoms with Crippen molar-refractivity contribution in [2.45, 2.75) is 77.7 Å². The molecule has 2 fully saturated rings. The largest absolute Gasteiger partial charge is 0.369 e. The summed E-state index contributed by atoms with van der Waals surface area (Å²) in [5.74, 6) is 0.308. The van der Waals surface area contributed by atoms with Gasteiger partial charge in [0.1, 0.15) is 11.5 Å². The van der Waals surface area contributed by atoms with Crippen molar-refractivity contribution >= 4 is 46.3 Å². The molecule has 250 valence electrons. The SMILES string of the molecule is CC(=O)c1c(C)c2cnc(Nc3ccc(N(C)Cc4ccc(/C=C/C(=O)NOC5CCCCO5)cc4)cn3)nc2n(C2CCCC2)c1=O. The second kappa shape index (κ2) is 14.9. The summed E-state index contributed by atoms with van der Waals surface area (Å²) in [6.45, 7) is 4.52. The van der Waals surface area contributed by atoms with Crippen LogP contribution in [-0.4, -0.2) is 51.2 Å². The van der Waals surface area contributed by atoms with E-state index >= 15 is 0 Å². The van der Waals surface area contributed by atoms with Gasteiger partial charge in [-0.25, -0.2) is 20.3 Å². The van der Waals surface area contributed by atoms with Gasteiger partial charge in [-0.2, -0.15) is 4.98 Å². The second-order valence-electron chi connectivity index (χ2n) is 12.4. The molecule has 12 nitrogen and oxygen atoms in total. The number of benzene rings is 1. The third kappa shape index (κ3) is 7.61. The molecular formula is C36H41N7O5. The Labute approximate surface area is 279 Å². The van der Waals surface area contributed by atoms with Crippen LogP contribution in [0.25, 0.3) is 17.1 Å². The van der Waals surface area contributed by atoms with E-state index in [0.717, 1.165) is 61.8 Å². The van der Waals surface area contributed by atoms with Crippen molar-refractivity contribution in [2.24, 2.45) is 0 Å². The number of carbonyl (C=O) groups is 2. The summed E-state index contributed by atoms with van der Waals surface area (Å²) in [4.78, 5) is 59.2. The maximum Gasteiger partial charge on any atom is 0.267 e.